The van der Waals surface area contributed by atoms with Gasteiger partial charge in [-0.05, 0) is 51.9 Å². The molecule has 144 valence electrons. The maximum Gasteiger partial charge on any atom is 0.254 e. The molecule has 2 atom stereocenters. The number of aliphatic hydroxyl groups excluding tert-OH is 1. The molecule has 0 radical (unpaired) electrons. The maximum atomic E-state index is 11.7. The SMILES string of the molecule is CCO[C@H]1CC[C@H](Nc2ncc(C(N)=O)c(N[C@@H]3CCC[C@@H]3O)n2)CC1. The fraction of sp³-hybridized carbons (Fsp3) is 0.722. The molecule has 1 aromatic heterocycles. The number of amides is 1. The molecule has 26 heavy (non-hydrogen) atoms. The minimum Gasteiger partial charge on any atom is -0.391 e. The van der Waals surface area contributed by atoms with Crippen LogP contribution in [0, 0.1) is 0 Å². The zero-order chi connectivity index (χ0) is 18.5. The van der Waals surface area contributed by atoms with Crippen molar-refractivity contribution in [3.8, 4) is 0 Å². The van der Waals surface area contributed by atoms with E-state index in [4.69, 9.17) is 10.5 Å². The summed E-state index contributed by atoms with van der Waals surface area (Å²) in [5.74, 6) is 0.289. The number of nitrogens with two attached hydrogens (primary N) is 1. The van der Waals surface area contributed by atoms with Gasteiger partial charge in [-0.15, -0.1) is 0 Å². The van der Waals surface area contributed by atoms with Crippen molar-refractivity contribution >= 4 is 17.7 Å². The third-order valence-corrected chi connectivity index (χ3v) is 5.27. The summed E-state index contributed by atoms with van der Waals surface area (Å²) in [4.78, 5) is 20.4. The summed E-state index contributed by atoms with van der Waals surface area (Å²) in [5, 5.41) is 16.6. The molecular weight excluding hydrogens is 334 g/mol. The van der Waals surface area contributed by atoms with Crippen molar-refractivity contribution in [2.75, 3.05) is 17.2 Å². The molecule has 0 saturated heterocycles. The van der Waals surface area contributed by atoms with Crippen LogP contribution in [0.5, 0.6) is 0 Å². The van der Waals surface area contributed by atoms with Gasteiger partial charge in [0.05, 0.1) is 23.8 Å². The van der Waals surface area contributed by atoms with Crippen LogP contribution >= 0.6 is 0 Å². The summed E-state index contributed by atoms with van der Waals surface area (Å²) in [5.41, 5.74) is 5.69. The van der Waals surface area contributed by atoms with Crippen LogP contribution in [0.15, 0.2) is 6.20 Å². The molecule has 1 heterocycles. The van der Waals surface area contributed by atoms with Crippen molar-refractivity contribution in [1.29, 1.82) is 0 Å². The van der Waals surface area contributed by atoms with Gasteiger partial charge in [-0.3, -0.25) is 4.79 Å². The monoisotopic (exact) mass is 363 g/mol. The Morgan fingerprint density at radius 1 is 1.27 bits per heavy atom. The van der Waals surface area contributed by atoms with Gasteiger partial charge in [0.2, 0.25) is 5.95 Å². The number of hydrogen-bond donors (Lipinski definition) is 4. The molecule has 3 rings (SSSR count). The van der Waals surface area contributed by atoms with Crippen LogP contribution in [0.3, 0.4) is 0 Å². The third-order valence-electron chi connectivity index (χ3n) is 5.27. The van der Waals surface area contributed by atoms with Crippen LogP contribution in [0.4, 0.5) is 11.8 Å². The van der Waals surface area contributed by atoms with Crippen LogP contribution in [0.1, 0.15) is 62.2 Å². The number of carbonyl (C=O) groups is 1. The van der Waals surface area contributed by atoms with Crippen molar-refractivity contribution in [1.82, 2.24) is 9.97 Å². The first-order chi connectivity index (χ1) is 12.6. The fourth-order valence-corrected chi connectivity index (χ4v) is 3.82. The number of aromatic nitrogens is 2. The number of rotatable bonds is 7. The van der Waals surface area contributed by atoms with E-state index in [-0.39, 0.29) is 17.6 Å². The first-order valence-electron chi connectivity index (χ1n) is 9.56. The molecule has 8 heteroatoms. The summed E-state index contributed by atoms with van der Waals surface area (Å²) >= 11 is 0. The Morgan fingerprint density at radius 3 is 2.65 bits per heavy atom. The van der Waals surface area contributed by atoms with Gasteiger partial charge in [-0.25, -0.2) is 4.98 Å². The van der Waals surface area contributed by atoms with Crippen LogP contribution in [0.25, 0.3) is 0 Å². The summed E-state index contributed by atoms with van der Waals surface area (Å²) in [6, 6.07) is 0.175. The van der Waals surface area contributed by atoms with E-state index in [0.29, 0.717) is 17.9 Å². The number of primary amides is 1. The zero-order valence-electron chi connectivity index (χ0n) is 15.3. The number of aliphatic hydroxyl groups is 1. The lowest BCUT2D eigenvalue weighted by atomic mass is 9.93. The van der Waals surface area contributed by atoms with Crippen LogP contribution in [0.2, 0.25) is 0 Å². The van der Waals surface area contributed by atoms with Crippen molar-refractivity contribution in [2.45, 2.75) is 76.2 Å². The lowest BCUT2D eigenvalue weighted by Gasteiger charge is -2.29. The van der Waals surface area contributed by atoms with Gasteiger partial charge < -0.3 is 26.2 Å². The highest BCUT2D eigenvalue weighted by Crippen LogP contribution is 2.26. The number of carbonyl (C=O) groups excluding carboxylic acids is 1. The second kappa shape index (κ2) is 8.64. The number of hydrogen-bond acceptors (Lipinski definition) is 7. The number of nitrogens with zero attached hydrogens (tertiary/aromatic N) is 2. The lowest BCUT2D eigenvalue weighted by molar-refractivity contribution is 0.0346. The molecule has 2 aliphatic rings. The van der Waals surface area contributed by atoms with Gasteiger partial charge in [-0.1, -0.05) is 0 Å². The molecule has 2 aliphatic carbocycles. The summed E-state index contributed by atoms with van der Waals surface area (Å²) in [7, 11) is 0. The van der Waals surface area contributed by atoms with E-state index >= 15 is 0 Å². The van der Waals surface area contributed by atoms with Crippen molar-refractivity contribution in [3.05, 3.63) is 11.8 Å². The van der Waals surface area contributed by atoms with Crippen molar-refractivity contribution < 1.29 is 14.6 Å². The first-order valence-corrected chi connectivity index (χ1v) is 9.56. The molecule has 1 aromatic rings. The molecule has 0 spiro atoms. The quantitative estimate of drug-likeness (QED) is 0.581. The molecule has 0 aliphatic heterocycles. The molecule has 0 bridgehead atoms. The zero-order valence-corrected chi connectivity index (χ0v) is 15.3. The van der Waals surface area contributed by atoms with Crippen molar-refractivity contribution in [3.63, 3.8) is 0 Å². The topological polar surface area (TPSA) is 122 Å². The van der Waals surface area contributed by atoms with Gasteiger partial charge in [0.25, 0.3) is 5.91 Å². The van der Waals surface area contributed by atoms with Crippen molar-refractivity contribution in [2.24, 2.45) is 5.73 Å². The van der Waals surface area contributed by atoms with Gasteiger partial charge >= 0.3 is 0 Å². The Kier molecular flexibility index (Phi) is 6.26. The summed E-state index contributed by atoms with van der Waals surface area (Å²) in [6.07, 6.45) is 7.93. The summed E-state index contributed by atoms with van der Waals surface area (Å²) < 4.78 is 5.68. The van der Waals surface area contributed by atoms with Gasteiger partial charge in [0.15, 0.2) is 0 Å². The van der Waals surface area contributed by atoms with Crippen LogP contribution in [-0.4, -0.2) is 51.9 Å². The van der Waals surface area contributed by atoms with Crippen LogP contribution < -0.4 is 16.4 Å². The second-order valence-corrected chi connectivity index (χ2v) is 7.14. The predicted molar refractivity (Wildman–Crippen MR) is 99.1 cm³/mol. The molecule has 5 N–H and O–H groups in total. The normalized spacial score (nSPS) is 28.7. The molecule has 8 nitrogen and oxygen atoms in total. The molecule has 0 unspecified atom stereocenters. The standard InChI is InChI=1S/C18H29N5O3/c1-2-26-12-8-6-11(7-9-12)21-18-20-10-13(16(19)25)17(23-18)22-14-4-3-5-15(14)24/h10-12,14-15,24H,2-9H2,1H3,(H2,19,25)(H2,20,21,22,23)/t11-,12-,14-,15+/m1/s1. The van der Waals surface area contributed by atoms with E-state index in [1.165, 1.54) is 6.20 Å². The average Bonchev–Trinajstić information content (AvgIpc) is 3.02. The van der Waals surface area contributed by atoms with E-state index in [2.05, 4.69) is 20.6 Å². The van der Waals surface area contributed by atoms with E-state index < -0.39 is 12.0 Å². The Labute approximate surface area is 153 Å². The molecule has 0 aromatic carbocycles. The van der Waals surface area contributed by atoms with Gasteiger partial charge in [0, 0.05) is 18.8 Å². The second-order valence-electron chi connectivity index (χ2n) is 7.14. The maximum absolute atomic E-state index is 11.7. The van der Waals surface area contributed by atoms with E-state index in [1.54, 1.807) is 0 Å². The molecule has 1 amide bonds. The largest absolute Gasteiger partial charge is 0.391 e. The van der Waals surface area contributed by atoms with E-state index in [0.717, 1.165) is 51.6 Å². The number of nitrogens with one attached hydrogen (secondary N) is 2. The predicted octanol–water partition coefficient (Wildman–Crippen LogP) is 1.66. The Balaban J connectivity index is 1.66. The Morgan fingerprint density at radius 2 is 2.04 bits per heavy atom. The smallest absolute Gasteiger partial charge is 0.254 e. The first kappa shape index (κ1) is 18.8. The third kappa shape index (κ3) is 4.62. The van der Waals surface area contributed by atoms with Gasteiger partial charge in [0.1, 0.15) is 5.82 Å². The lowest BCUT2D eigenvalue weighted by Crippen LogP contribution is -2.32. The molecule has 2 fully saturated rings. The number of anilines is 2. The highest BCUT2D eigenvalue weighted by Gasteiger charge is 2.27. The van der Waals surface area contributed by atoms with E-state index in [9.17, 15) is 9.90 Å². The Bertz CT molecular complexity index is 619. The minimum atomic E-state index is -0.580. The molecular formula is C18H29N5O3. The highest BCUT2D eigenvalue weighted by atomic mass is 16.5. The number of ether oxygens (including phenoxy) is 1. The minimum absolute atomic E-state index is 0.113. The highest BCUT2D eigenvalue weighted by molar-refractivity contribution is 5.97. The Hall–Kier alpha value is -1.93. The average molecular weight is 363 g/mol. The fourth-order valence-electron chi connectivity index (χ4n) is 3.82. The van der Waals surface area contributed by atoms with Gasteiger partial charge in [-0.2, -0.15) is 4.98 Å². The van der Waals surface area contributed by atoms with Crippen LogP contribution in [-0.2, 0) is 4.74 Å². The molecule has 2 saturated carbocycles. The van der Waals surface area contributed by atoms with E-state index in [1.807, 2.05) is 6.92 Å². The summed E-state index contributed by atoms with van der Waals surface area (Å²) in [6.45, 7) is 2.77.